The molecular weight excluding hydrogens is 513 g/mol. The zero-order chi connectivity index (χ0) is 27.9. The van der Waals surface area contributed by atoms with Crippen molar-refractivity contribution in [1.82, 2.24) is 30.2 Å². The lowest BCUT2D eigenvalue weighted by molar-refractivity contribution is 0.0126. The Morgan fingerprint density at radius 2 is 2.00 bits per heavy atom. The number of aldehydes is 1. The zero-order valence-corrected chi connectivity index (χ0v) is 21.0. The molecule has 1 aliphatic rings. The van der Waals surface area contributed by atoms with Crippen LogP contribution in [0.15, 0.2) is 42.7 Å². The Hall–Kier alpha value is -4.61. The summed E-state index contributed by atoms with van der Waals surface area (Å²) >= 11 is 0. The zero-order valence-electron chi connectivity index (χ0n) is 21.0. The van der Waals surface area contributed by atoms with E-state index in [9.17, 15) is 27.6 Å². The maximum Gasteiger partial charge on any atom is 0.286 e. The van der Waals surface area contributed by atoms with Gasteiger partial charge < -0.3 is 10.6 Å². The van der Waals surface area contributed by atoms with Gasteiger partial charge >= 0.3 is 0 Å². The van der Waals surface area contributed by atoms with Crippen molar-refractivity contribution < 1.29 is 27.6 Å². The molecule has 1 atom stereocenters. The van der Waals surface area contributed by atoms with E-state index in [0.717, 1.165) is 40.6 Å². The molecule has 1 aromatic carbocycles. The predicted molar refractivity (Wildman–Crippen MR) is 133 cm³/mol. The Morgan fingerprint density at radius 3 is 2.74 bits per heavy atom. The average molecular weight is 537 g/mol. The molecule has 0 saturated heterocycles. The Labute approximate surface area is 220 Å². The normalized spacial score (nSPS) is 14.7. The van der Waals surface area contributed by atoms with Gasteiger partial charge in [0.1, 0.15) is 23.4 Å². The highest BCUT2D eigenvalue weighted by molar-refractivity contribution is 5.98. The maximum absolute atomic E-state index is 14.4. The standard InChI is InChI=1S/C27H23F3N6O3/c1-14-16(13-37)3-4-18-17(14)5-6-20(18)35-26(39)22-10-21(34-24-19(28)12-33-36(22)24)25(38)32-11-15-7-8-31-23(9-15)27(2,29)30/h3-4,7-10,12-13,20H,5-6,11H2,1-2H3,(H,32,38)(H,35,39)/t20-/m0/s1. The van der Waals surface area contributed by atoms with E-state index in [1.54, 1.807) is 12.1 Å². The van der Waals surface area contributed by atoms with Gasteiger partial charge in [0.2, 0.25) is 0 Å². The number of carbonyl (C=O) groups is 3. The number of aromatic nitrogens is 4. The lowest BCUT2D eigenvalue weighted by Crippen LogP contribution is -2.30. The van der Waals surface area contributed by atoms with Gasteiger partial charge in [0.05, 0.1) is 12.2 Å². The minimum atomic E-state index is -3.15. The molecular formula is C27H23F3N6O3. The van der Waals surface area contributed by atoms with Crippen molar-refractivity contribution in [2.45, 2.75) is 45.2 Å². The third-order valence-electron chi connectivity index (χ3n) is 6.79. The van der Waals surface area contributed by atoms with Crippen molar-refractivity contribution in [2.24, 2.45) is 0 Å². The molecule has 3 aromatic heterocycles. The molecule has 0 unspecified atom stereocenters. The van der Waals surface area contributed by atoms with Crippen LogP contribution in [0.25, 0.3) is 5.65 Å². The first kappa shape index (κ1) is 26.0. The number of pyridine rings is 1. The van der Waals surface area contributed by atoms with E-state index < -0.39 is 29.2 Å². The molecule has 2 N–H and O–H groups in total. The van der Waals surface area contributed by atoms with Crippen LogP contribution < -0.4 is 10.6 Å². The summed E-state index contributed by atoms with van der Waals surface area (Å²) in [6.07, 6.45) is 4.17. The second kappa shape index (κ2) is 9.93. The number of halogens is 3. The third-order valence-corrected chi connectivity index (χ3v) is 6.79. The first-order valence-electron chi connectivity index (χ1n) is 12.1. The Bertz CT molecular complexity index is 1630. The molecule has 4 aromatic rings. The van der Waals surface area contributed by atoms with E-state index in [-0.39, 0.29) is 29.6 Å². The van der Waals surface area contributed by atoms with E-state index in [0.29, 0.717) is 24.0 Å². The van der Waals surface area contributed by atoms with Crippen LogP contribution in [-0.2, 0) is 18.9 Å². The molecule has 0 spiro atoms. The maximum atomic E-state index is 14.4. The summed E-state index contributed by atoms with van der Waals surface area (Å²) in [6.45, 7) is 2.45. The van der Waals surface area contributed by atoms with Crippen molar-refractivity contribution in [3.63, 3.8) is 0 Å². The molecule has 2 amide bonds. The first-order valence-corrected chi connectivity index (χ1v) is 12.1. The van der Waals surface area contributed by atoms with E-state index in [4.69, 9.17) is 0 Å². The molecule has 39 heavy (non-hydrogen) atoms. The van der Waals surface area contributed by atoms with Crippen molar-refractivity contribution >= 4 is 23.7 Å². The second-order valence-electron chi connectivity index (χ2n) is 9.41. The molecule has 3 heterocycles. The molecule has 0 saturated carbocycles. The van der Waals surface area contributed by atoms with Crippen LogP contribution in [0.4, 0.5) is 13.2 Å². The molecule has 12 heteroatoms. The number of alkyl halides is 2. The van der Waals surface area contributed by atoms with Crippen LogP contribution in [0.1, 0.15) is 78.7 Å². The van der Waals surface area contributed by atoms with E-state index >= 15 is 0 Å². The number of hydrogen-bond donors (Lipinski definition) is 2. The summed E-state index contributed by atoms with van der Waals surface area (Å²) in [5.74, 6) is -5.31. The molecule has 5 rings (SSSR count). The third kappa shape index (κ3) is 4.97. The van der Waals surface area contributed by atoms with Crippen LogP contribution in [0, 0.1) is 12.7 Å². The Kier molecular flexibility index (Phi) is 6.62. The van der Waals surface area contributed by atoms with Crippen molar-refractivity contribution in [3.05, 3.63) is 93.4 Å². The molecule has 0 bridgehead atoms. The average Bonchev–Trinajstić information content (AvgIpc) is 3.50. The minimum absolute atomic E-state index is 0.111. The fraction of sp³-hybridized carbons (Fsp3) is 0.259. The lowest BCUT2D eigenvalue weighted by atomic mass is 9.98. The van der Waals surface area contributed by atoms with Crippen LogP contribution in [-0.4, -0.2) is 37.7 Å². The van der Waals surface area contributed by atoms with Gasteiger partial charge in [0.15, 0.2) is 11.5 Å². The number of hydrogen-bond acceptors (Lipinski definition) is 6. The van der Waals surface area contributed by atoms with Gasteiger partial charge in [-0.05, 0) is 54.2 Å². The van der Waals surface area contributed by atoms with Gasteiger partial charge in [-0.3, -0.25) is 19.4 Å². The van der Waals surface area contributed by atoms with Crippen LogP contribution in [0.3, 0.4) is 0 Å². The van der Waals surface area contributed by atoms with Gasteiger partial charge in [-0.15, -0.1) is 0 Å². The molecule has 0 radical (unpaired) electrons. The number of benzene rings is 1. The summed E-state index contributed by atoms with van der Waals surface area (Å²) in [5, 5.41) is 9.36. The van der Waals surface area contributed by atoms with Gasteiger partial charge in [-0.1, -0.05) is 12.1 Å². The van der Waals surface area contributed by atoms with Crippen LogP contribution in [0.5, 0.6) is 0 Å². The van der Waals surface area contributed by atoms with Gasteiger partial charge in [-0.25, -0.2) is 13.9 Å². The van der Waals surface area contributed by atoms with E-state index in [2.05, 4.69) is 25.7 Å². The summed E-state index contributed by atoms with van der Waals surface area (Å²) in [7, 11) is 0. The van der Waals surface area contributed by atoms with Gasteiger partial charge in [-0.2, -0.15) is 13.9 Å². The summed E-state index contributed by atoms with van der Waals surface area (Å²) in [4.78, 5) is 45.2. The molecule has 200 valence electrons. The quantitative estimate of drug-likeness (QED) is 0.347. The van der Waals surface area contributed by atoms with E-state index in [1.807, 2.05) is 6.92 Å². The summed E-state index contributed by atoms with van der Waals surface area (Å²) in [6, 6.07) is 6.99. The summed E-state index contributed by atoms with van der Waals surface area (Å²) < 4.78 is 42.7. The van der Waals surface area contributed by atoms with Crippen LogP contribution >= 0.6 is 0 Å². The van der Waals surface area contributed by atoms with Crippen molar-refractivity contribution in [3.8, 4) is 0 Å². The highest BCUT2D eigenvalue weighted by Gasteiger charge is 2.29. The minimum Gasteiger partial charge on any atom is -0.347 e. The smallest absolute Gasteiger partial charge is 0.286 e. The molecule has 0 fully saturated rings. The highest BCUT2D eigenvalue weighted by atomic mass is 19.3. The summed E-state index contributed by atoms with van der Waals surface area (Å²) in [5.41, 5.74) is 2.58. The SMILES string of the molecule is Cc1c(C=O)ccc2c1CC[C@@H]2NC(=O)c1cc(C(=O)NCc2ccnc(C(C)(F)F)c2)nc2c(F)cnn12. The topological polar surface area (TPSA) is 118 Å². The highest BCUT2D eigenvalue weighted by Crippen LogP contribution is 2.34. The number of rotatable bonds is 7. The number of nitrogens with zero attached hydrogens (tertiary/aromatic N) is 4. The van der Waals surface area contributed by atoms with Crippen LogP contribution in [0.2, 0.25) is 0 Å². The van der Waals surface area contributed by atoms with Crippen molar-refractivity contribution in [2.75, 3.05) is 0 Å². The van der Waals surface area contributed by atoms with E-state index in [1.165, 1.54) is 24.4 Å². The fourth-order valence-electron chi connectivity index (χ4n) is 4.72. The number of carbonyl (C=O) groups excluding carboxylic acids is 3. The number of nitrogens with one attached hydrogen (secondary N) is 2. The largest absolute Gasteiger partial charge is 0.347 e. The molecule has 1 aliphatic carbocycles. The lowest BCUT2D eigenvalue weighted by Gasteiger charge is -2.16. The molecule has 0 aliphatic heterocycles. The predicted octanol–water partition coefficient (Wildman–Crippen LogP) is 3.84. The monoisotopic (exact) mass is 536 g/mol. The second-order valence-corrected chi connectivity index (χ2v) is 9.41. The first-order chi connectivity index (χ1) is 18.6. The van der Waals surface area contributed by atoms with Gasteiger partial charge in [0, 0.05) is 31.3 Å². The van der Waals surface area contributed by atoms with Gasteiger partial charge in [0.25, 0.3) is 17.7 Å². The Balaban J connectivity index is 1.39. The number of amides is 2. The molecule has 9 nitrogen and oxygen atoms in total. The number of fused-ring (bicyclic) bond motifs is 2. The Morgan fingerprint density at radius 1 is 1.21 bits per heavy atom. The fourth-order valence-corrected chi connectivity index (χ4v) is 4.72. The van der Waals surface area contributed by atoms with Crippen molar-refractivity contribution in [1.29, 1.82) is 0 Å².